The normalized spacial score (nSPS) is 13.3. The molecule has 5 nitrogen and oxygen atoms in total. The lowest BCUT2D eigenvalue weighted by molar-refractivity contribution is -0.118. The van der Waals surface area contributed by atoms with Crippen LogP contribution in [0.2, 0.25) is 0 Å². The number of carbonyl (C=O) groups excluding carboxylic acids is 1. The zero-order valence-corrected chi connectivity index (χ0v) is 20.2. The first kappa shape index (κ1) is 24.4. The van der Waals surface area contributed by atoms with Crippen LogP contribution in [0.3, 0.4) is 0 Å². The summed E-state index contributed by atoms with van der Waals surface area (Å²) >= 11 is 1.46. The van der Waals surface area contributed by atoms with E-state index < -0.39 is 10.0 Å². The number of rotatable bonds is 9. The van der Waals surface area contributed by atoms with Gasteiger partial charge in [0.25, 0.3) is 0 Å². The molecule has 0 fully saturated rings. The van der Waals surface area contributed by atoms with Crippen molar-refractivity contribution in [3.05, 3.63) is 54.1 Å². The molecule has 0 saturated carbocycles. The summed E-state index contributed by atoms with van der Waals surface area (Å²) in [5.41, 5.74) is 1.50. The summed E-state index contributed by atoms with van der Waals surface area (Å²) < 4.78 is 28.8. The monoisotopic (exact) mass is 448 g/mol. The van der Waals surface area contributed by atoms with Crippen LogP contribution in [-0.4, -0.2) is 26.6 Å². The number of benzene rings is 2. The fourth-order valence-electron chi connectivity index (χ4n) is 3.38. The van der Waals surface area contributed by atoms with Gasteiger partial charge in [0.2, 0.25) is 15.9 Å². The number of carbonyl (C=O) groups is 1. The van der Waals surface area contributed by atoms with Gasteiger partial charge in [0.05, 0.1) is 10.6 Å². The fourth-order valence-corrected chi connectivity index (χ4v) is 5.18. The van der Waals surface area contributed by atoms with E-state index in [2.05, 4.69) is 36.0 Å². The molecule has 2 rings (SSSR count). The predicted octanol–water partition coefficient (Wildman–Crippen LogP) is 5.04. The number of anilines is 1. The molecule has 0 aliphatic rings. The van der Waals surface area contributed by atoms with E-state index in [1.165, 1.54) is 23.4 Å². The van der Waals surface area contributed by atoms with Crippen molar-refractivity contribution in [3.63, 3.8) is 0 Å². The molecule has 1 atom stereocenters. The van der Waals surface area contributed by atoms with Crippen molar-refractivity contribution in [1.82, 2.24) is 4.72 Å². The number of hydrogen-bond acceptors (Lipinski definition) is 4. The van der Waals surface area contributed by atoms with E-state index >= 15 is 0 Å². The van der Waals surface area contributed by atoms with Crippen LogP contribution in [0.4, 0.5) is 5.69 Å². The Morgan fingerprint density at radius 2 is 1.70 bits per heavy atom. The van der Waals surface area contributed by atoms with Crippen LogP contribution < -0.4 is 10.0 Å². The summed E-state index contributed by atoms with van der Waals surface area (Å²) in [5.74, 6) is -0.343. The second-order valence-electron chi connectivity index (χ2n) is 8.48. The lowest BCUT2D eigenvalue weighted by Gasteiger charge is -2.29. The minimum atomic E-state index is -3.73. The van der Waals surface area contributed by atoms with Crippen molar-refractivity contribution >= 4 is 33.4 Å². The summed E-state index contributed by atoms with van der Waals surface area (Å²) in [6, 6.07) is 14.7. The lowest BCUT2D eigenvalue weighted by Crippen LogP contribution is -2.37. The third-order valence-electron chi connectivity index (χ3n) is 4.99. The summed E-state index contributed by atoms with van der Waals surface area (Å²) in [7, 11) is -3.73. The molecule has 0 aliphatic heterocycles. The molecule has 0 unspecified atom stereocenters. The van der Waals surface area contributed by atoms with Crippen LogP contribution >= 0.6 is 11.8 Å². The summed E-state index contributed by atoms with van der Waals surface area (Å²) in [6.07, 6.45) is 2.54. The highest BCUT2D eigenvalue weighted by atomic mass is 32.2. The molecule has 2 aromatic carbocycles. The van der Waals surface area contributed by atoms with Gasteiger partial charge in [-0.2, -0.15) is 0 Å². The minimum absolute atomic E-state index is 0.142. The molecule has 2 N–H and O–H groups in total. The second-order valence-corrected chi connectivity index (χ2v) is 11.0. The number of sulfonamides is 1. The van der Waals surface area contributed by atoms with Gasteiger partial charge in [-0.15, -0.1) is 11.8 Å². The Hall–Kier alpha value is -1.83. The molecule has 0 radical (unpaired) electrons. The van der Waals surface area contributed by atoms with Crippen LogP contribution in [0.25, 0.3) is 0 Å². The molecular formula is C23H32N2O3S2. The quantitative estimate of drug-likeness (QED) is 0.527. The van der Waals surface area contributed by atoms with Gasteiger partial charge in [-0.05, 0) is 48.8 Å². The third-order valence-corrected chi connectivity index (χ3v) is 7.37. The Kier molecular flexibility index (Phi) is 8.13. The van der Waals surface area contributed by atoms with E-state index in [1.54, 1.807) is 26.0 Å². The summed E-state index contributed by atoms with van der Waals surface area (Å²) in [6.45, 7) is 9.69. The lowest BCUT2D eigenvalue weighted by atomic mass is 9.79. The maximum atomic E-state index is 13.0. The zero-order valence-electron chi connectivity index (χ0n) is 18.5. The van der Waals surface area contributed by atoms with E-state index in [0.29, 0.717) is 12.1 Å². The second kappa shape index (κ2) is 9.98. The molecule has 0 saturated heterocycles. The first-order chi connectivity index (χ1) is 14.0. The van der Waals surface area contributed by atoms with Gasteiger partial charge < -0.3 is 5.32 Å². The molecule has 0 aromatic heterocycles. The standard InChI is InChI=1S/C23H32N2O3S2/c1-16(2)22(26)24-20-14-19(12-13-21(20)29-6)30(27,28)25-17(3)15-23(4,5)18-10-8-7-9-11-18/h7-14,16-17,25H,15H2,1-6H3,(H,24,26)/t17-/m0/s1. The highest BCUT2D eigenvalue weighted by molar-refractivity contribution is 7.98. The van der Waals surface area contributed by atoms with Gasteiger partial charge in [0.15, 0.2) is 0 Å². The van der Waals surface area contributed by atoms with Crippen LogP contribution in [0.1, 0.15) is 46.6 Å². The molecule has 0 aliphatic carbocycles. The molecular weight excluding hydrogens is 416 g/mol. The Labute approximate surface area is 185 Å². The molecule has 0 bridgehead atoms. The maximum absolute atomic E-state index is 13.0. The highest BCUT2D eigenvalue weighted by Gasteiger charge is 2.26. The largest absolute Gasteiger partial charge is 0.325 e. The Morgan fingerprint density at radius 3 is 2.27 bits per heavy atom. The van der Waals surface area contributed by atoms with Gasteiger partial charge in [-0.25, -0.2) is 13.1 Å². The Balaban J connectivity index is 2.21. The molecule has 2 aromatic rings. The number of thioether (sulfide) groups is 1. The molecule has 0 spiro atoms. The zero-order chi connectivity index (χ0) is 22.5. The van der Waals surface area contributed by atoms with Gasteiger partial charge in [-0.1, -0.05) is 58.0 Å². The average Bonchev–Trinajstić information content (AvgIpc) is 2.67. The Morgan fingerprint density at radius 1 is 1.07 bits per heavy atom. The van der Waals surface area contributed by atoms with Crippen LogP contribution in [0, 0.1) is 5.92 Å². The third kappa shape index (κ3) is 6.33. The van der Waals surface area contributed by atoms with E-state index in [-0.39, 0.29) is 28.2 Å². The molecule has 0 heterocycles. The molecule has 164 valence electrons. The number of amides is 1. The summed E-state index contributed by atoms with van der Waals surface area (Å²) in [4.78, 5) is 13.1. The van der Waals surface area contributed by atoms with Crippen molar-refractivity contribution in [2.24, 2.45) is 5.92 Å². The topological polar surface area (TPSA) is 75.3 Å². The molecule has 7 heteroatoms. The van der Waals surface area contributed by atoms with E-state index in [0.717, 1.165) is 4.90 Å². The van der Waals surface area contributed by atoms with Crippen molar-refractivity contribution in [2.45, 2.75) is 62.3 Å². The smallest absolute Gasteiger partial charge is 0.240 e. The van der Waals surface area contributed by atoms with Crippen LogP contribution in [0.5, 0.6) is 0 Å². The van der Waals surface area contributed by atoms with Crippen molar-refractivity contribution < 1.29 is 13.2 Å². The van der Waals surface area contributed by atoms with Crippen LogP contribution in [0.15, 0.2) is 58.3 Å². The summed E-state index contributed by atoms with van der Waals surface area (Å²) in [5, 5.41) is 2.83. The van der Waals surface area contributed by atoms with Crippen molar-refractivity contribution in [3.8, 4) is 0 Å². The van der Waals surface area contributed by atoms with Crippen molar-refractivity contribution in [1.29, 1.82) is 0 Å². The van der Waals surface area contributed by atoms with Crippen molar-refractivity contribution in [2.75, 3.05) is 11.6 Å². The number of hydrogen-bond donors (Lipinski definition) is 2. The fraction of sp³-hybridized carbons (Fsp3) is 0.435. The molecule has 1 amide bonds. The number of nitrogens with one attached hydrogen (secondary N) is 2. The van der Waals surface area contributed by atoms with Crippen LogP contribution in [-0.2, 0) is 20.2 Å². The Bertz CT molecular complexity index is 971. The molecule has 30 heavy (non-hydrogen) atoms. The average molecular weight is 449 g/mol. The SMILES string of the molecule is CSc1ccc(S(=O)(=O)N[C@@H](C)CC(C)(C)c2ccccc2)cc1NC(=O)C(C)C. The van der Waals surface area contributed by atoms with Gasteiger partial charge >= 0.3 is 0 Å². The van der Waals surface area contributed by atoms with Gasteiger partial charge in [0, 0.05) is 16.9 Å². The predicted molar refractivity (Wildman–Crippen MR) is 126 cm³/mol. The maximum Gasteiger partial charge on any atom is 0.240 e. The van der Waals surface area contributed by atoms with E-state index in [4.69, 9.17) is 0 Å². The highest BCUT2D eigenvalue weighted by Crippen LogP contribution is 2.30. The first-order valence-corrected chi connectivity index (χ1v) is 12.7. The van der Waals surface area contributed by atoms with E-state index in [1.807, 2.05) is 31.4 Å². The van der Waals surface area contributed by atoms with E-state index in [9.17, 15) is 13.2 Å². The van der Waals surface area contributed by atoms with Gasteiger partial charge in [0.1, 0.15) is 0 Å². The first-order valence-electron chi connectivity index (χ1n) is 10.0. The minimum Gasteiger partial charge on any atom is -0.325 e. The van der Waals surface area contributed by atoms with Gasteiger partial charge in [-0.3, -0.25) is 4.79 Å².